The first kappa shape index (κ1) is 19.5. The zero-order chi connectivity index (χ0) is 20.9. The molecule has 4 aromatic rings. The lowest BCUT2D eigenvalue weighted by Gasteiger charge is -2.11. The Kier molecular flexibility index (Phi) is 5.68. The Labute approximate surface area is 176 Å². The third-order valence-electron chi connectivity index (χ3n) is 4.47. The molecule has 3 aromatic heterocycles. The maximum Gasteiger partial charge on any atom is 0.262 e. The van der Waals surface area contributed by atoms with Crippen molar-refractivity contribution in [3.05, 3.63) is 77.6 Å². The van der Waals surface area contributed by atoms with Crippen LogP contribution in [0.4, 0.5) is 0 Å². The second-order valence-electron chi connectivity index (χ2n) is 6.32. The van der Waals surface area contributed by atoms with Gasteiger partial charge >= 0.3 is 0 Å². The molecule has 148 valence electrons. The van der Waals surface area contributed by atoms with Crippen molar-refractivity contribution in [3.8, 4) is 17.5 Å². The summed E-state index contributed by atoms with van der Waals surface area (Å²) in [6.45, 7) is 4.29. The van der Waals surface area contributed by atoms with Gasteiger partial charge in [0.15, 0.2) is 11.0 Å². The summed E-state index contributed by atoms with van der Waals surface area (Å²) < 4.78 is 3.36. The van der Waals surface area contributed by atoms with Crippen LogP contribution in [-0.2, 0) is 18.8 Å². The molecule has 0 fully saturated rings. The van der Waals surface area contributed by atoms with E-state index in [0.29, 0.717) is 40.0 Å². The van der Waals surface area contributed by atoms with Crippen LogP contribution >= 0.6 is 11.8 Å². The number of aromatic nitrogens is 6. The van der Waals surface area contributed by atoms with Crippen molar-refractivity contribution < 1.29 is 0 Å². The van der Waals surface area contributed by atoms with E-state index in [1.54, 1.807) is 36.7 Å². The van der Waals surface area contributed by atoms with Crippen molar-refractivity contribution in [1.29, 1.82) is 5.26 Å². The predicted octanol–water partition coefficient (Wildman–Crippen LogP) is 3.05. The van der Waals surface area contributed by atoms with E-state index in [2.05, 4.69) is 26.7 Å². The molecular formula is C21H17N7OS. The summed E-state index contributed by atoms with van der Waals surface area (Å²) in [6, 6.07) is 12.9. The van der Waals surface area contributed by atoms with Gasteiger partial charge in [0.25, 0.3) is 5.56 Å². The molecule has 0 saturated heterocycles. The molecule has 0 atom stereocenters. The van der Waals surface area contributed by atoms with Crippen LogP contribution in [0.3, 0.4) is 0 Å². The number of para-hydroxylation sites is 1. The highest BCUT2D eigenvalue weighted by Crippen LogP contribution is 2.26. The van der Waals surface area contributed by atoms with E-state index < -0.39 is 0 Å². The van der Waals surface area contributed by atoms with Crippen LogP contribution in [0, 0.1) is 11.3 Å². The second kappa shape index (κ2) is 8.71. The topological polar surface area (TPSA) is 102 Å². The van der Waals surface area contributed by atoms with Crippen molar-refractivity contribution in [3.63, 3.8) is 0 Å². The van der Waals surface area contributed by atoms with Crippen molar-refractivity contribution in [2.24, 2.45) is 0 Å². The first-order valence-corrected chi connectivity index (χ1v) is 10.1. The summed E-state index contributed by atoms with van der Waals surface area (Å²) in [7, 11) is 0. The third kappa shape index (κ3) is 3.73. The second-order valence-corrected chi connectivity index (χ2v) is 7.27. The maximum absolute atomic E-state index is 12.8. The van der Waals surface area contributed by atoms with Gasteiger partial charge in [0, 0.05) is 24.5 Å². The Morgan fingerprint density at radius 2 is 1.93 bits per heavy atom. The average molecular weight is 415 g/mol. The van der Waals surface area contributed by atoms with Gasteiger partial charge in [-0.05, 0) is 24.3 Å². The number of pyridine rings is 1. The van der Waals surface area contributed by atoms with Crippen molar-refractivity contribution >= 4 is 22.7 Å². The van der Waals surface area contributed by atoms with E-state index in [1.807, 2.05) is 28.8 Å². The molecular weight excluding hydrogens is 398 g/mol. The molecule has 3 heterocycles. The van der Waals surface area contributed by atoms with E-state index in [4.69, 9.17) is 0 Å². The molecule has 0 bridgehead atoms. The van der Waals surface area contributed by atoms with Gasteiger partial charge in [-0.3, -0.25) is 18.9 Å². The molecule has 30 heavy (non-hydrogen) atoms. The van der Waals surface area contributed by atoms with Crippen LogP contribution in [0.2, 0.25) is 0 Å². The van der Waals surface area contributed by atoms with Gasteiger partial charge in [0.05, 0.1) is 22.7 Å². The molecule has 0 amide bonds. The van der Waals surface area contributed by atoms with Crippen molar-refractivity contribution in [2.45, 2.75) is 24.0 Å². The molecule has 1 aromatic carbocycles. The number of fused-ring (bicyclic) bond motifs is 1. The minimum atomic E-state index is -0.220. The number of allylic oxidation sites excluding steroid dienone is 1. The summed E-state index contributed by atoms with van der Waals surface area (Å²) in [4.78, 5) is 21.5. The Hall–Kier alpha value is -3.77. The maximum atomic E-state index is 12.8. The van der Waals surface area contributed by atoms with Crippen LogP contribution in [0.1, 0.15) is 5.82 Å². The van der Waals surface area contributed by atoms with E-state index in [1.165, 1.54) is 16.3 Å². The molecule has 0 saturated carbocycles. The smallest absolute Gasteiger partial charge is 0.262 e. The van der Waals surface area contributed by atoms with Crippen LogP contribution in [0.5, 0.6) is 0 Å². The van der Waals surface area contributed by atoms with Gasteiger partial charge in [-0.15, -0.1) is 16.8 Å². The average Bonchev–Trinajstić information content (AvgIpc) is 3.18. The van der Waals surface area contributed by atoms with Crippen LogP contribution in [-0.4, -0.2) is 29.3 Å². The lowest BCUT2D eigenvalue weighted by Crippen LogP contribution is -2.24. The van der Waals surface area contributed by atoms with Gasteiger partial charge < -0.3 is 0 Å². The summed E-state index contributed by atoms with van der Waals surface area (Å²) in [5.41, 5.74) is 1.29. The number of nitriles is 1. The minimum absolute atomic E-state index is 0.0613. The summed E-state index contributed by atoms with van der Waals surface area (Å²) >= 11 is 1.41. The van der Waals surface area contributed by atoms with Crippen molar-refractivity contribution in [1.82, 2.24) is 29.3 Å². The summed E-state index contributed by atoms with van der Waals surface area (Å²) in [5, 5.41) is 19.0. The molecule has 8 nitrogen and oxygen atoms in total. The van der Waals surface area contributed by atoms with Crippen LogP contribution in [0.25, 0.3) is 22.3 Å². The molecule has 0 radical (unpaired) electrons. The molecule has 0 aliphatic rings. The van der Waals surface area contributed by atoms with E-state index in [9.17, 15) is 10.1 Å². The van der Waals surface area contributed by atoms with Gasteiger partial charge in [-0.1, -0.05) is 30.0 Å². The fourth-order valence-corrected chi connectivity index (χ4v) is 3.98. The Balaban J connectivity index is 1.70. The Morgan fingerprint density at radius 1 is 1.13 bits per heavy atom. The van der Waals surface area contributed by atoms with Crippen LogP contribution in [0.15, 0.2) is 71.4 Å². The number of benzene rings is 1. The number of nitrogens with zero attached hydrogens (tertiary/aromatic N) is 7. The molecule has 9 heteroatoms. The van der Waals surface area contributed by atoms with Crippen molar-refractivity contribution in [2.75, 3.05) is 0 Å². The Bertz CT molecular complexity index is 1300. The highest BCUT2D eigenvalue weighted by molar-refractivity contribution is 7.98. The predicted molar refractivity (Wildman–Crippen MR) is 115 cm³/mol. The molecule has 0 unspecified atom stereocenters. The Morgan fingerprint density at radius 3 is 2.70 bits per heavy atom. The molecule has 0 spiro atoms. The van der Waals surface area contributed by atoms with Gasteiger partial charge in [-0.2, -0.15) is 5.26 Å². The lowest BCUT2D eigenvalue weighted by atomic mass is 10.2. The first-order chi connectivity index (χ1) is 14.7. The monoisotopic (exact) mass is 415 g/mol. The standard InChI is InChI=1S/C21H17N7OS/c1-2-12-28-19(15-7-10-23-11-8-15)25-26-21(28)30-14-18-24-17-6-4-3-5-16(17)20(29)27(18)13-9-22/h2-8,10-11H,1,12-14H2. The fraction of sp³-hybridized carbons (Fsp3) is 0.143. The fourth-order valence-electron chi connectivity index (χ4n) is 3.09. The highest BCUT2D eigenvalue weighted by atomic mass is 32.2. The molecule has 0 aliphatic carbocycles. The minimum Gasteiger partial charge on any atom is -0.298 e. The molecule has 0 aliphatic heterocycles. The van der Waals surface area contributed by atoms with Gasteiger partial charge in [0.1, 0.15) is 12.4 Å². The van der Waals surface area contributed by atoms with E-state index in [0.717, 1.165) is 5.56 Å². The number of thioether (sulfide) groups is 1. The number of hydrogen-bond donors (Lipinski definition) is 0. The van der Waals surface area contributed by atoms with Gasteiger partial charge in [-0.25, -0.2) is 4.98 Å². The summed E-state index contributed by atoms with van der Waals surface area (Å²) in [5.74, 6) is 1.59. The third-order valence-corrected chi connectivity index (χ3v) is 5.43. The zero-order valence-corrected chi connectivity index (χ0v) is 16.8. The zero-order valence-electron chi connectivity index (χ0n) is 16.0. The number of rotatable bonds is 7. The SMILES string of the molecule is C=CCn1c(SCc2nc3ccccc3c(=O)n2CC#N)nnc1-c1ccncc1. The van der Waals surface area contributed by atoms with E-state index in [-0.39, 0.29) is 12.1 Å². The largest absolute Gasteiger partial charge is 0.298 e. The summed E-state index contributed by atoms with van der Waals surface area (Å²) in [6.07, 6.45) is 5.18. The highest BCUT2D eigenvalue weighted by Gasteiger charge is 2.16. The lowest BCUT2D eigenvalue weighted by molar-refractivity contribution is 0.718. The first-order valence-electron chi connectivity index (χ1n) is 9.15. The van der Waals surface area contributed by atoms with E-state index >= 15 is 0 Å². The number of hydrogen-bond acceptors (Lipinski definition) is 7. The molecule has 0 N–H and O–H groups in total. The van der Waals surface area contributed by atoms with Gasteiger partial charge in [0.2, 0.25) is 0 Å². The normalized spacial score (nSPS) is 10.8. The quantitative estimate of drug-likeness (QED) is 0.338. The van der Waals surface area contributed by atoms with Crippen LogP contribution < -0.4 is 5.56 Å². The molecule has 4 rings (SSSR count).